The van der Waals surface area contributed by atoms with Gasteiger partial charge in [0.2, 0.25) is 0 Å². The molecule has 153 valence electrons. The van der Waals surface area contributed by atoms with E-state index in [-0.39, 0.29) is 22.8 Å². The number of alkyl halides is 3. The van der Waals surface area contributed by atoms with E-state index in [0.29, 0.717) is 24.4 Å². The van der Waals surface area contributed by atoms with Gasteiger partial charge in [-0.1, -0.05) is 0 Å². The van der Waals surface area contributed by atoms with Gasteiger partial charge in [-0.3, -0.25) is 0 Å². The molecule has 3 N–H and O–H groups in total. The number of nitrogens with one attached hydrogen (secondary N) is 1. The molecule has 1 radical (unpaired) electrons. The molecule has 29 heavy (non-hydrogen) atoms. The second-order valence-corrected chi connectivity index (χ2v) is 7.05. The van der Waals surface area contributed by atoms with E-state index in [9.17, 15) is 27.8 Å². The molecule has 0 amide bonds. The SMILES string of the molecule is [CH2][C@@H]1C[C@@H](Nc2ccnc3cc(-c4cc(C(F)(F)F)ccc4F)nn23)[C@H](O)[C@@H]1O. The van der Waals surface area contributed by atoms with Gasteiger partial charge in [0.25, 0.3) is 0 Å². The number of aromatic nitrogens is 3. The summed E-state index contributed by atoms with van der Waals surface area (Å²) in [5, 5.41) is 27.3. The maximum Gasteiger partial charge on any atom is 0.416 e. The number of hydrogen-bond donors (Lipinski definition) is 3. The predicted octanol–water partition coefficient (Wildman–Crippen LogP) is 2.91. The number of anilines is 1. The van der Waals surface area contributed by atoms with E-state index in [2.05, 4.69) is 22.3 Å². The van der Waals surface area contributed by atoms with Crippen molar-refractivity contribution in [2.75, 3.05) is 5.32 Å². The van der Waals surface area contributed by atoms with E-state index < -0.39 is 35.8 Å². The fourth-order valence-electron chi connectivity index (χ4n) is 3.49. The van der Waals surface area contributed by atoms with E-state index in [0.717, 1.165) is 6.07 Å². The molecule has 1 fully saturated rings. The van der Waals surface area contributed by atoms with E-state index in [1.54, 1.807) is 6.07 Å². The van der Waals surface area contributed by atoms with Gasteiger partial charge >= 0.3 is 6.18 Å². The first-order valence-electron chi connectivity index (χ1n) is 8.83. The third-order valence-electron chi connectivity index (χ3n) is 5.06. The summed E-state index contributed by atoms with van der Waals surface area (Å²) >= 11 is 0. The molecule has 2 aromatic heterocycles. The van der Waals surface area contributed by atoms with Crippen molar-refractivity contribution in [2.45, 2.75) is 30.8 Å². The third-order valence-corrected chi connectivity index (χ3v) is 5.06. The number of fused-ring (bicyclic) bond motifs is 1. The van der Waals surface area contributed by atoms with Crippen LogP contribution in [0.5, 0.6) is 0 Å². The van der Waals surface area contributed by atoms with Crippen molar-refractivity contribution in [3.63, 3.8) is 0 Å². The van der Waals surface area contributed by atoms with Gasteiger partial charge in [-0.05, 0) is 43.5 Å². The summed E-state index contributed by atoms with van der Waals surface area (Å²) in [7, 11) is 0. The van der Waals surface area contributed by atoms with Gasteiger partial charge in [0, 0.05) is 17.8 Å². The van der Waals surface area contributed by atoms with Crippen LogP contribution in [0.1, 0.15) is 12.0 Å². The highest BCUT2D eigenvalue weighted by Gasteiger charge is 2.39. The second-order valence-electron chi connectivity index (χ2n) is 7.05. The minimum Gasteiger partial charge on any atom is -0.390 e. The van der Waals surface area contributed by atoms with Gasteiger partial charge in [0.15, 0.2) is 5.65 Å². The predicted molar refractivity (Wildman–Crippen MR) is 96.3 cm³/mol. The summed E-state index contributed by atoms with van der Waals surface area (Å²) in [4.78, 5) is 4.10. The number of nitrogens with zero attached hydrogens (tertiary/aromatic N) is 3. The molecule has 1 saturated carbocycles. The fraction of sp³-hybridized carbons (Fsp3) is 0.316. The lowest BCUT2D eigenvalue weighted by molar-refractivity contribution is -0.137. The Hall–Kier alpha value is -2.72. The zero-order valence-electron chi connectivity index (χ0n) is 14.9. The Labute approximate surface area is 162 Å². The van der Waals surface area contributed by atoms with E-state index in [1.165, 1.54) is 16.8 Å². The van der Waals surface area contributed by atoms with Crippen LogP contribution < -0.4 is 5.32 Å². The number of halogens is 4. The fourth-order valence-corrected chi connectivity index (χ4v) is 3.49. The normalized spacial score (nSPS) is 24.9. The first kappa shape index (κ1) is 19.6. The molecule has 0 bridgehead atoms. The Bertz CT molecular complexity index is 1050. The van der Waals surface area contributed by atoms with Crippen LogP contribution in [0.25, 0.3) is 16.9 Å². The van der Waals surface area contributed by atoms with Gasteiger partial charge < -0.3 is 15.5 Å². The second kappa shape index (κ2) is 6.96. The Morgan fingerprint density at radius 3 is 2.55 bits per heavy atom. The zero-order valence-corrected chi connectivity index (χ0v) is 14.9. The molecule has 0 spiro atoms. The summed E-state index contributed by atoms with van der Waals surface area (Å²) < 4.78 is 54.5. The van der Waals surface area contributed by atoms with Crippen molar-refractivity contribution in [1.29, 1.82) is 0 Å². The van der Waals surface area contributed by atoms with Gasteiger partial charge in [-0.2, -0.15) is 22.8 Å². The molecule has 4 atom stereocenters. The van der Waals surface area contributed by atoms with E-state index >= 15 is 0 Å². The summed E-state index contributed by atoms with van der Waals surface area (Å²) in [5.41, 5.74) is -1.02. The molecule has 1 aliphatic carbocycles. The Morgan fingerprint density at radius 2 is 1.90 bits per heavy atom. The summed E-state index contributed by atoms with van der Waals surface area (Å²) in [5.74, 6) is -0.809. The number of aliphatic hydroxyl groups is 2. The number of aliphatic hydroxyl groups excluding tert-OH is 2. The van der Waals surface area contributed by atoms with Crippen molar-refractivity contribution in [1.82, 2.24) is 14.6 Å². The maximum absolute atomic E-state index is 14.2. The molecule has 1 aromatic carbocycles. The minimum atomic E-state index is -4.61. The monoisotopic (exact) mass is 409 g/mol. The van der Waals surface area contributed by atoms with Gasteiger partial charge in [-0.25, -0.2) is 9.37 Å². The molecule has 6 nitrogen and oxygen atoms in total. The standard InChI is InChI=1S/C19H17F4N4O2/c1-9-6-14(18(29)17(9)28)25-15-4-5-24-16-8-13(26-27(15)16)11-7-10(19(21,22)23)2-3-12(11)20/h2-5,7-9,14,17-18,25,28-29H,1,6H2/t9-,14-,17-,18+/m1/s1. The molecule has 4 rings (SSSR count). The van der Waals surface area contributed by atoms with Gasteiger partial charge in [-0.15, -0.1) is 0 Å². The Kier molecular flexibility index (Phi) is 4.70. The molecule has 0 aliphatic heterocycles. The largest absolute Gasteiger partial charge is 0.416 e. The lowest BCUT2D eigenvalue weighted by Crippen LogP contribution is -2.35. The molecule has 1 aliphatic rings. The van der Waals surface area contributed by atoms with Crippen LogP contribution in [-0.4, -0.2) is 43.1 Å². The minimum absolute atomic E-state index is 0.0163. The Morgan fingerprint density at radius 1 is 1.14 bits per heavy atom. The van der Waals surface area contributed by atoms with Crippen LogP contribution in [-0.2, 0) is 6.18 Å². The van der Waals surface area contributed by atoms with Crippen molar-refractivity contribution < 1.29 is 27.8 Å². The zero-order chi connectivity index (χ0) is 20.9. The summed E-state index contributed by atoms with van der Waals surface area (Å²) in [6, 6.07) is 4.54. The van der Waals surface area contributed by atoms with Gasteiger partial charge in [0.05, 0.1) is 23.4 Å². The van der Waals surface area contributed by atoms with Crippen molar-refractivity contribution >= 4 is 11.5 Å². The summed E-state index contributed by atoms with van der Waals surface area (Å²) in [6.07, 6.45) is -4.78. The van der Waals surface area contributed by atoms with E-state index in [4.69, 9.17) is 0 Å². The molecule has 0 saturated heterocycles. The number of benzene rings is 1. The van der Waals surface area contributed by atoms with E-state index in [1.807, 2.05) is 0 Å². The van der Waals surface area contributed by atoms with Crippen LogP contribution in [0, 0.1) is 18.7 Å². The van der Waals surface area contributed by atoms with Gasteiger partial charge in [0.1, 0.15) is 17.7 Å². The molecule has 3 aromatic rings. The summed E-state index contributed by atoms with van der Waals surface area (Å²) in [6.45, 7) is 3.79. The number of rotatable bonds is 3. The quantitative estimate of drug-likeness (QED) is 0.580. The average Bonchev–Trinajstić information content (AvgIpc) is 3.19. The van der Waals surface area contributed by atoms with Crippen molar-refractivity contribution in [2.24, 2.45) is 5.92 Å². The van der Waals surface area contributed by atoms with Crippen LogP contribution in [0.2, 0.25) is 0 Å². The lowest BCUT2D eigenvalue weighted by Gasteiger charge is -2.19. The third kappa shape index (κ3) is 3.53. The van der Waals surface area contributed by atoms with Crippen molar-refractivity contribution in [3.8, 4) is 11.3 Å². The highest BCUT2D eigenvalue weighted by atomic mass is 19.4. The first-order valence-corrected chi connectivity index (χ1v) is 8.83. The smallest absolute Gasteiger partial charge is 0.390 e. The highest BCUT2D eigenvalue weighted by Crippen LogP contribution is 2.34. The van der Waals surface area contributed by atoms with Crippen LogP contribution in [0.3, 0.4) is 0 Å². The molecule has 0 unspecified atom stereocenters. The molecule has 2 heterocycles. The Balaban J connectivity index is 1.72. The molecular formula is C19H17F4N4O2. The highest BCUT2D eigenvalue weighted by molar-refractivity contribution is 5.67. The van der Waals surface area contributed by atoms with Crippen LogP contribution >= 0.6 is 0 Å². The molecular weight excluding hydrogens is 392 g/mol. The number of hydrogen-bond acceptors (Lipinski definition) is 5. The first-order chi connectivity index (χ1) is 13.6. The van der Waals surface area contributed by atoms with Crippen molar-refractivity contribution in [3.05, 3.63) is 54.8 Å². The van der Waals surface area contributed by atoms with Crippen LogP contribution in [0.4, 0.5) is 23.4 Å². The average molecular weight is 409 g/mol. The molecule has 10 heteroatoms. The maximum atomic E-state index is 14.2. The lowest BCUT2D eigenvalue weighted by atomic mass is 10.1. The van der Waals surface area contributed by atoms with Crippen LogP contribution in [0.15, 0.2) is 36.5 Å². The topological polar surface area (TPSA) is 82.7 Å².